The van der Waals surface area contributed by atoms with Gasteiger partial charge in [-0.25, -0.2) is 5.01 Å². The van der Waals surface area contributed by atoms with Crippen molar-refractivity contribution in [2.75, 3.05) is 6.54 Å². The average Bonchev–Trinajstić information content (AvgIpc) is 2.92. The van der Waals surface area contributed by atoms with E-state index >= 15 is 0 Å². The molecule has 2 aromatic carbocycles. The number of carbonyl (C=O) groups excluding carboxylic acids is 1. The number of fused-ring (bicyclic) bond motifs is 1. The number of non-ortho nitro benzene ring substituents is 1. The molecule has 2 aromatic rings. The van der Waals surface area contributed by atoms with E-state index in [1.165, 1.54) is 24.3 Å². The molecule has 126 valence electrons. The lowest BCUT2D eigenvalue weighted by atomic mass is 9.96. The molecule has 1 aliphatic rings. The van der Waals surface area contributed by atoms with Crippen molar-refractivity contribution in [2.24, 2.45) is 0 Å². The molecule has 1 atom stereocenters. The van der Waals surface area contributed by atoms with E-state index in [2.05, 4.69) is 5.43 Å². The molecule has 9 heteroatoms. The van der Waals surface area contributed by atoms with Gasteiger partial charge in [0.15, 0.2) is 6.04 Å². The van der Waals surface area contributed by atoms with Crippen LogP contribution in [0.2, 0.25) is 0 Å². The van der Waals surface area contributed by atoms with Gasteiger partial charge in [0.2, 0.25) is 5.91 Å². The Labute approximate surface area is 134 Å². The summed E-state index contributed by atoms with van der Waals surface area (Å²) in [6.45, 7) is -0.0890. The van der Waals surface area contributed by atoms with Gasteiger partial charge in [-0.2, -0.15) is 13.2 Å². The predicted molar refractivity (Wildman–Crippen MR) is 78.9 cm³/mol. The number of nitro groups is 1. The van der Waals surface area contributed by atoms with Crippen LogP contribution >= 0.6 is 0 Å². The highest BCUT2D eigenvalue weighted by molar-refractivity contribution is 5.93. The Kier molecular flexibility index (Phi) is 3.88. The van der Waals surface area contributed by atoms with Crippen molar-refractivity contribution in [3.63, 3.8) is 0 Å². The smallest absolute Gasteiger partial charge is 0.288 e. The molecule has 1 unspecified atom stereocenters. The molecule has 0 radical (unpaired) electrons. The zero-order valence-electron chi connectivity index (χ0n) is 12.2. The maximum Gasteiger partial charge on any atom is 0.409 e. The molecule has 1 saturated heterocycles. The Morgan fingerprint density at radius 1 is 1.17 bits per heavy atom. The second kappa shape index (κ2) is 5.75. The summed E-state index contributed by atoms with van der Waals surface area (Å²) in [4.78, 5) is 21.8. The van der Waals surface area contributed by atoms with Crippen LogP contribution in [-0.2, 0) is 4.79 Å². The molecule has 1 amide bonds. The summed E-state index contributed by atoms with van der Waals surface area (Å²) >= 11 is 0. The van der Waals surface area contributed by atoms with Crippen LogP contribution in [-0.4, -0.2) is 28.6 Å². The van der Waals surface area contributed by atoms with Gasteiger partial charge >= 0.3 is 6.18 Å². The summed E-state index contributed by atoms with van der Waals surface area (Å²) in [5.74, 6) is -0.490. The normalized spacial score (nSPS) is 17.0. The summed E-state index contributed by atoms with van der Waals surface area (Å²) < 4.78 is 40.9. The third-order valence-electron chi connectivity index (χ3n) is 3.90. The minimum absolute atomic E-state index is 0.0303. The molecule has 0 spiro atoms. The highest BCUT2D eigenvalue weighted by atomic mass is 19.4. The third-order valence-corrected chi connectivity index (χ3v) is 3.90. The van der Waals surface area contributed by atoms with Crippen molar-refractivity contribution in [3.05, 3.63) is 52.1 Å². The Bertz CT molecular complexity index is 822. The second-order valence-electron chi connectivity index (χ2n) is 5.40. The van der Waals surface area contributed by atoms with Crippen molar-refractivity contribution in [2.45, 2.75) is 18.6 Å². The van der Waals surface area contributed by atoms with E-state index in [-0.39, 0.29) is 35.0 Å². The standard InChI is InChI=1S/C15H12F3N3O3/c16-15(17,18)14(20-8-7-13(22)19-20)11-5-6-12(21(23)24)10-4-2-1-3-9(10)11/h1-6,14H,7-8H2,(H,19,22). The van der Waals surface area contributed by atoms with E-state index in [9.17, 15) is 28.1 Å². The topological polar surface area (TPSA) is 75.5 Å². The number of halogens is 3. The summed E-state index contributed by atoms with van der Waals surface area (Å²) in [6, 6.07) is 5.96. The number of rotatable bonds is 3. The van der Waals surface area contributed by atoms with Crippen LogP contribution in [0.3, 0.4) is 0 Å². The Morgan fingerprint density at radius 3 is 2.38 bits per heavy atom. The molecule has 1 aliphatic heterocycles. The van der Waals surface area contributed by atoms with Crippen molar-refractivity contribution >= 4 is 22.4 Å². The Balaban J connectivity index is 2.20. The molecular formula is C15H12F3N3O3. The summed E-state index contributed by atoms with van der Waals surface area (Å²) in [5.41, 5.74) is 1.80. The number of carbonyl (C=O) groups is 1. The molecule has 1 fully saturated rings. The van der Waals surface area contributed by atoms with Gasteiger partial charge in [-0.1, -0.05) is 18.2 Å². The molecule has 6 nitrogen and oxygen atoms in total. The van der Waals surface area contributed by atoms with Gasteiger partial charge in [0.1, 0.15) is 0 Å². The van der Waals surface area contributed by atoms with Crippen LogP contribution in [0.15, 0.2) is 36.4 Å². The van der Waals surface area contributed by atoms with Gasteiger partial charge in [0.05, 0.1) is 10.3 Å². The molecule has 24 heavy (non-hydrogen) atoms. The highest BCUT2D eigenvalue weighted by Gasteiger charge is 2.47. The van der Waals surface area contributed by atoms with Crippen molar-refractivity contribution in [3.8, 4) is 0 Å². The van der Waals surface area contributed by atoms with Gasteiger partial charge < -0.3 is 0 Å². The predicted octanol–water partition coefficient (Wildman–Crippen LogP) is 3.09. The fourth-order valence-corrected chi connectivity index (χ4v) is 2.91. The van der Waals surface area contributed by atoms with Crippen molar-refractivity contribution in [1.29, 1.82) is 0 Å². The third kappa shape index (κ3) is 2.78. The molecular weight excluding hydrogens is 327 g/mol. The number of nitrogens with zero attached hydrogens (tertiary/aromatic N) is 2. The number of nitro benzene ring substituents is 1. The minimum Gasteiger partial charge on any atom is -0.288 e. The number of hydrogen-bond acceptors (Lipinski definition) is 4. The second-order valence-corrected chi connectivity index (χ2v) is 5.40. The van der Waals surface area contributed by atoms with Crippen LogP contribution in [0.1, 0.15) is 18.0 Å². The molecule has 3 rings (SSSR count). The number of hydrazine groups is 1. The average molecular weight is 339 g/mol. The van der Waals surface area contributed by atoms with E-state index < -0.39 is 23.0 Å². The Morgan fingerprint density at radius 2 is 1.83 bits per heavy atom. The summed E-state index contributed by atoms with van der Waals surface area (Å²) in [7, 11) is 0. The van der Waals surface area contributed by atoms with Gasteiger partial charge in [0.25, 0.3) is 5.69 Å². The summed E-state index contributed by atoms with van der Waals surface area (Å²) in [5, 5.41) is 12.2. The number of hydrogen-bond donors (Lipinski definition) is 1. The van der Waals surface area contributed by atoms with Crippen molar-refractivity contribution in [1.82, 2.24) is 10.4 Å². The summed E-state index contributed by atoms with van der Waals surface area (Å²) in [6.07, 6.45) is -4.69. The SMILES string of the molecule is O=C1CCN(C(c2ccc([N+](=O)[O-])c3ccccc23)C(F)(F)F)N1. The zero-order chi connectivity index (χ0) is 17.5. The molecule has 0 saturated carbocycles. The fraction of sp³-hybridized carbons (Fsp3) is 0.267. The van der Waals surface area contributed by atoms with Gasteiger partial charge in [-0.15, -0.1) is 0 Å². The van der Waals surface area contributed by atoms with E-state index in [1.54, 1.807) is 0 Å². The molecule has 0 aliphatic carbocycles. The first kappa shape index (κ1) is 16.2. The minimum atomic E-state index is -4.66. The molecule has 0 aromatic heterocycles. The number of alkyl halides is 3. The molecule has 1 heterocycles. The zero-order valence-corrected chi connectivity index (χ0v) is 12.2. The number of benzene rings is 2. The van der Waals surface area contributed by atoms with Gasteiger partial charge in [-0.05, 0) is 23.1 Å². The van der Waals surface area contributed by atoms with Crippen LogP contribution in [0.5, 0.6) is 0 Å². The maximum atomic E-state index is 13.6. The lowest BCUT2D eigenvalue weighted by Gasteiger charge is -2.30. The number of amides is 1. The quantitative estimate of drug-likeness (QED) is 0.689. The lowest BCUT2D eigenvalue weighted by molar-refractivity contribution is -0.383. The lowest BCUT2D eigenvalue weighted by Crippen LogP contribution is -2.43. The first-order valence-corrected chi connectivity index (χ1v) is 7.08. The fourth-order valence-electron chi connectivity index (χ4n) is 2.91. The van der Waals surface area contributed by atoms with E-state index in [0.717, 1.165) is 17.1 Å². The van der Waals surface area contributed by atoms with Crippen LogP contribution < -0.4 is 5.43 Å². The first-order chi connectivity index (χ1) is 11.3. The van der Waals surface area contributed by atoms with E-state index in [0.29, 0.717) is 0 Å². The largest absolute Gasteiger partial charge is 0.409 e. The van der Waals surface area contributed by atoms with E-state index in [4.69, 9.17) is 0 Å². The van der Waals surface area contributed by atoms with Crippen LogP contribution in [0.4, 0.5) is 18.9 Å². The molecule has 0 bridgehead atoms. The highest BCUT2D eigenvalue weighted by Crippen LogP contribution is 2.42. The van der Waals surface area contributed by atoms with Crippen molar-refractivity contribution < 1.29 is 22.9 Å². The molecule has 1 N–H and O–H groups in total. The van der Waals surface area contributed by atoms with Crippen LogP contribution in [0.25, 0.3) is 10.8 Å². The first-order valence-electron chi connectivity index (χ1n) is 7.08. The Hall–Kier alpha value is -2.68. The van der Waals surface area contributed by atoms with E-state index in [1.807, 2.05) is 0 Å². The monoisotopic (exact) mass is 339 g/mol. The van der Waals surface area contributed by atoms with Gasteiger partial charge in [-0.3, -0.25) is 20.3 Å². The maximum absolute atomic E-state index is 13.6. The number of nitrogens with one attached hydrogen (secondary N) is 1. The van der Waals surface area contributed by atoms with Gasteiger partial charge in [0, 0.05) is 19.0 Å². The van der Waals surface area contributed by atoms with Crippen LogP contribution in [0, 0.1) is 10.1 Å².